The van der Waals surface area contributed by atoms with Crippen LogP contribution >= 0.6 is 23.4 Å². The van der Waals surface area contributed by atoms with Gasteiger partial charge >= 0.3 is 0 Å². The van der Waals surface area contributed by atoms with Crippen molar-refractivity contribution >= 4 is 29.3 Å². The Morgan fingerprint density at radius 1 is 1.23 bits per heavy atom. The van der Waals surface area contributed by atoms with E-state index >= 15 is 0 Å². The molecule has 2 aliphatic rings. The number of benzene rings is 1. The maximum absolute atomic E-state index is 13.5. The third-order valence-electron chi connectivity index (χ3n) is 5.68. The molecular formula is C22H26ClN3O3S. The minimum atomic E-state index is -0.733. The van der Waals surface area contributed by atoms with E-state index in [1.807, 2.05) is 37.4 Å². The third-order valence-corrected chi connectivity index (χ3v) is 7.46. The largest absolute Gasteiger partial charge is 0.379 e. The normalized spacial score (nSPS) is 21.4. The van der Waals surface area contributed by atoms with E-state index in [0.29, 0.717) is 37.7 Å². The molecule has 30 heavy (non-hydrogen) atoms. The maximum atomic E-state index is 13.5. The molecule has 3 heterocycles. The van der Waals surface area contributed by atoms with Crippen LogP contribution in [0.25, 0.3) is 0 Å². The summed E-state index contributed by atoms with van der Waals surface area (Å²) in [5.74, 6) is -0.0350. The van der Waals surface area contributed by atoms with Gasteiger partial charge in [0.1, 0.15) is 4.75 Å². The molecule has 160 valence electrons. The number of nitrogens with zero attached hydrogens (tertiary/aromatic N) is 2. The van der Waals surface area contributed by atoms with E-state index in [1.54, 1.807) is 6.07 Å². The van der Waals surface area contributed by atoms with Crippen molar-refractivity contribution in [2.24, 2.45) is 0 Å². The molecule has 8 heteroatoms. The molecule has 1 saturated heterocycles. The van der Waals surface area contributed by atoms with Gasteiger partial charge in [-0.2, -0.15) is 0 Å². The van der Waals surface area contributed by atoms with E-state index < -0.39 is 4.75 Å². The first-order valence-corrected chi connectivity index (χ1v) is 11.4. The number of carbonyl (C=O) groups is 1. The molecule has 0 saturated carbocycles. The van der Waals surface area contributed by atoms with Crippen LogP contribution in [0.15, 0.2) is 46.3 Å². The summed E-state index contributed by atoms with van der Waals surface area (Å²) in [4.78, 5) is 28.4. The minimum Gasteiger partial charge on any atom is -0.379 e. The zero-order valence-electron chi connectivity index (χ0n) is 17.0. The van der Waals surface area contributed by atoms with Gasteiger partial charge in [-0.1, -0.05) is 35.5 Å². The summed E-state index contributed by atoms with van der Waals surface area (Å²) in [6.45, 7) is 6.75. The lowest BCUT2D eigenvalue weighted by atomic mass is 9.97. The number of halogens is 1. The summed E-state index contributed by atoms with van der Waals surface area (Å²) in [6, 6.07) is 9.07. The van der Waals surface area contributed by atoms with E-state index in [9.17, 15) is 9.59 Å². The van der Waals surface area contributed by atoms with Crippen LogP contribution in [0.5, 0.6) is 0 Å². The van der Waals surface area contributed by atoms with Crippen LogP contribution in [-0.2, 0) is 29.0 Å². The zero-order valence-corrected chi connectivity index (χ0v) is 18.6. The van der Waals surface area contributed by atoms with Crippen molar-refractivity contribution < 1.29 is 9.53 Å². The molecule has 4 rings (SSSR count). The van der Waals surface area contributed by atoms with Gasteiger partial charge in [0.25, 0.3) is 0 Å². The number of rotatable bonds is 6. The summed E-state index contributed by atoms with van der Waals surface area (Å²) in [5, 5.41) is 4.70. The standard InChI is InChI=1S/C22H26ClN3O3S/c1-2-26-8-7-19(27)18-13-22(30-20(18)26,15-25-9-11-29-12-10-25)21(28)24-14-16-3-5-17(23)6-4-16/h3-8H,2,9-15H2,1H3,(H,24,28). The molecule has 1 atom stereocenters. The summed E-state index contributed by atoms with van der Waals surface area (Å²) in [7, 11) is 0. The lowest BCUT2D eigenvalue weighted by Crippen LogP contribution is -2.53. The average molecular weight is 448 g/mol. The van der Waals surface area contributed by atoms with Gasteiger partial charge in [0.2, 0.25) is 5.91 Å². The third kappa shape index (κ3) is 4.44. The molecule has 6 nitrogen and oxygen atoms in total. The first-order chi connectivity index (χ1) is 14.5. The second-order valence-corrected chi connectivity index (χ2v) is 9.53. The van der Waals surface area contributed by atoms with E-state index in [4.69, 9.17) is 16.3 Å². The summed E-state index contributed by atoms with van der Waals surface area (Å²) in [5.41, 5.74) is 1.75. The molecule has 1 N–H and O–H groups in total. The van der Waals surface area contributed by atoms with Gasteiger partial charge in [-0.3, -0.25) is 14.5 Å². The average Bonchev–Trinajstić information content (AvgIpc) is 3.16. The van der Waals surface area contributed by atoms with Crippen LogP contribution in [0.2, 0.25) is 5.02 Å². The first kappa shape index (κ1) is 21.4. The van der Waals surface area contributed by atoms with Crippen LogP contribution in [0, 0.1) is 0 Å². The molecule has 2 aliphatic heterocycles. The highest BCUT2D eigenvalue weighted by Crippen LogP contribution is 2.44. The van der Waals surface area contributed by atoms with Gasteiger partial charge < -0.3 is 14.6 Å². The molecule has 0 radical (unpaired) electrons. The highest BCUT2D eigenvalue weighted by Gasteiger charge is 2.48. The summed E-state index contributed by atoms with van der Waals surface area (Å²) < 4.78 is 6.81. The maximum Gasteiger partial charge on any atom is 0.238 e. The molecule has 1 amide bonds. The van der Waals surface area contributed by atoms with Gasteiger partial charge in [-0.05, 0) is 24.6 Å². The SMILES string of the molecule is CCn1ccc(=O)c2c1SC(CN1CCOCC1)(C(=O)NCc1ccc(Cl)cc1)C2. The number of thioether (sulfide) groups is 1. The van der Waals surface area contributed by atoms with Crippen molar-refractivity contribution in [3.05, 3.63) is 62.9 Å². The number of fused-ring (bicyclic) bond motifs is 1. The molecule has 2 aromatic rings. The molecule has 0 bridgehead atoms. The van der Waals surface area contributed by atoms with E-state index in [-0.39, 0.29) is 11.3 Å². The minimum absolute atomic E-state index is 0.0107. The van der Waals surface area contributed by atoms with Gasteiger partial charge in [-0.25, -0.2) is 0 Å². The van der Waals surface area contributed by atoms with Gasteiger partial charge in [-0.15, -0.1) is 0 Å². The lowest BCUT2D eigenvalue weighted by Gasteiger charge is -2.35. The number of hydrogen-bond donors (Lipinski definition) is 1. The number of ether oxygens (including phenoxy) is 1. The number of aromatic nitrogens is 1. The quantitative estimate of drug-likeness (QED) is 0.737. The highest BCUT2D eigenvalue weighted by atomic mass is 35.5. The van der Waals surface area contributed by atoms with E-state index in [0.717, 1.165) is 35.8 Å². The Kier molecular flexibility index (Phi) is 6.53. The predicted molar refractivity (Wildman–Crippen MR) is 119 cm³/mol. The zero-order chi connectivity index (χ0) is 21.1. The fourth-order valence-corrected chi connectivity index (χ4v) is 5.72. The number of aryl methyl sites for hydroxylation is 1. The Morgan fingerprint density at radius 3 is 2.67 bits per heavy atom. The lowest BCUT2D eigenvalue weighted by molar-refractivity contribution is -0.124. The predicted octanol–water partition coefficient (Wildman–Crippen LogP) is 2.56. The molecule has 1 unspecified atom stereocenters. The van der Waals surface area contributed by atoms with Gasteiger partial charge in [0.15, 0.2) is 5.43 Å². The van der Waals surface area contributed by atoms with E-state index in [2.05, 4.69) is 14.8 Å². The molecule has 1 fully saturated rings. The number of nitrogens with one attached hydrogen (secondary N) is 1. The molecular weight excluding hydrogens is 422 g/mol. The molecule has 0 aliphatic carbocycles. The molecule has 0 spiro atoms. The highest BCUT2D eigenvalue weighted by molar-refractivity contribution is 8.01. The Morgan fingerprint density at radius 2 is 1.97 bits per heavy atom. The van der Waals surface area contributed by atoms with E-state index in [1.165, 1.54) is 11.8 Å². The summed E-state index contributed by atoms with van der Waals surface area (Å²) >= 11 is 7.50. The van der Waals surface area contributed by atoms with Crippen LogP contribution in [-0.4, -0.2) is 53.0 Å². The number of carbonyl (C=O) groups excluding carboxylic acids is 1. The van der Waals surface area contributed by atoms with Crippen molar-refractivity contribution in [2.75, 3.05) is 32.8 Å². The van der Waals surface area contributed by atoms with Crippen molar-refractivity contribution in [3.8, 4) is 0 Å². The van der Waals surface area contributed by atoms with Crippen LogP contribution < -0.4 is 10.7 Å². The second-order valence-electron chi connectivity index (χ2n) is 7.72. The Hall–Kier alpha value is -1.80. The Labute approximate surface area is 185 Å². The monoisotopic (exact) mass is 447 g/mol. The van der Waals surface area contributed by atoms with Crippen LogP contribution in [0.1, 0.15) is 18.1 Å². The molecule has 1 aromatic heterocycles. The molecule has 1 aromatic carbocycles. The number of amides is 1. The second kappa shape index (κ2) is 9.14. The Balaban J connectivity index is 1.59. The first-order valence-electron chi connectivity index (χ1n) is 10.2. The van der Waals surface area contributed by atoms with Gasteiger partial charge in [0, 0.05) is 62.0 Å². The smallest absolute Gasteiger partial charge is 0.238 e. The summed E-state index contributed by atoms with van der Waals surface area (Å²) in [6.07, 6.45) is 2.26. The van der Waals surface area contributed by atoms with Crippen molar-refractivity contribution in [2.45, 2.75) is 36.2 Å². The van der Waals surface area contributed by atoms with Crippen molar-refractivity contribution in [1.29, 1.82) is 0 Å². The van der Waals surface area contributed by atoms with Gasteiger partial charge in [0.05, 0.1) is 18.2 Å². The number of morpholine rings is 1. The number of pyridine rings is 1. The number of hydrogen-bond acceptors (Lipinski definition) is 5. The Bertz CT molecular complexity index is 973. The fraction of sp³-hybridized carbons (Fsp3) is 0.455. The van der Waals surface area contributed by atoms with Crippen LogP contribution in [0.4, 0.5) is 0 Å². The van der Waals surface area contributed by atoms with Crippen LogP contribution in [0.3, 0.4) is 0 Å². The van der Waals surface area contributed by atoms with Crippen molar-refractivity contribution in [1.82, 2.24) is 14.8 Å². The fourth-order valence-electron chi connectivity index (χ4n) is 4.00. The van der Waals surface area contributed by atoms with Crippen molar-refractivity contribution in [3.63, 3.8) is 0 Å². The topological polar surface area (TPSA) is 63.6 Å².